The van der Waals surface area contributed by atoms with Crippen LogP contribution in [0.15, 0.2) is 36.5 Å². The second-order valence-electron chi connectivity index (χ2n) is 6.06. The molecular formula is C19H20FN3. The molecule has 0 atom stereocenters. The van der Waals surface area contributed by atoms with Crippen LogP contribution in [-0.4, -0.2) is 26.2 Å². The molecular weight excluding hydrogens is 289 g/mol. The van der Waals surface area contributed by atoms with Crippen LogP contribution in [-0.2, 0) is 0 Å². The summed E-state index contributed by atoms with van der Waals surface area (Å²) in [5, 5.41) is 6.62. The maximum absolute atomic E-state index is 14.5. The monoisotopic (exact) mass is 309 g/mol. The molecule has 2 aromatic rings. The smallest absolute Gasteiger partial charge is 0.130 e. The van der Waals surface area contributed by atoms with Crippen LogP contribution >= 0.6 is 0 Å². The Morgan fingerprint density at radius 1 is 1.13 bits per heavy atom. The minimum absolute atomic E-state index is 0.155. The van der Waals surface area contributed by atoms with Crippen molar-refractivity contribution in [2.75, 3.05) is 36.4 Å². The lowest BCUT2D eigenvalue weighted by Gasteiger charge is -2.33. The number of benzene rings is 2. The van der Waals surface area contributed by atoms with Gasteiger partial charge in [0.2, 0.25) is 0 Å². The fourth-order valence-corrected chi connectivity index (χ4v) is 3.50. The molecule has 1 fully saturated rings. The zero-order valence-electron chi connectivity index (χ0n) is 13.2. The average Bonchev–Trinajstić information content (AvgIpc) is 2.76. The molecule has 0 unspecified atom stereocenters. The van der Waals surface area contributed by atoms with Crippen LogP contribution in [0.3, 0.4) is 0 Å². The molecule has 2 N–H and O–H groups in total. The molecule has 0 radical (unpaired) electrons. The Morgan fingerprint density at radius 2 is 1.91 bits per heavy atom. The molecule has 0 aliphatic carbocycles. The number of anilines is 2. The third-order valence-electron chi connectivity index (χ3n) is 4.66. The highest BCUT2D eigenvalue weighted by molar-refractivity contribution is 5.96. The minimum Gasteiger partial charge on any atom is -0.368 e. The Balaban J connectivity index is 1.99. The van der Waals surface area contributed by atoms with E-state index < -0.39 is 0 Å². The first kappa shape index (κ1) is 14.3. The van der Waals surface area contributed by atoms with Gasteiger partial charge in [0, 0.05) is 43.5 Å². The minimum atomic E-state index is -0.155. The van der Waals surface area contributed by atoms with Crippen molar-refractivity contribution in [1.29, 1.82) is 0 Å². The normalized spacial score (nSPS) is 16.3. The second kappa shape index (κ2) is 5.70. The van der Waals surface area contributed by atoms with E-state index in [1.54, 1.807) is 6.07 Å². The Morgan fingerprint density at radius 3 is 2.74 bits per heavy atom. The summed E-state index contributed by atoms with van der Waals surface area (Å²) in [5.74, 6) is -0.155. The summed E-state index contributed by atoms with van der Waals surface area (Å²) in [7, 11) is 0. The standard InChI is InChI=1S/C19H20FN3/c1-13-16(20)12-17-18(19(13)23-10-8-21-9-11-23)15-5-3-2-4-14(15)6-7-22-17/h2-7,12,21-22H,8-11H2,1H3. The van der Waals surface area contributed by atoms with Crippen molar-refractivity contribution >= 4 is 17.5 Å². The van der Waals surface area contributed by atoms with E-state index in [4.69, 9.17) is 0 Å². The van der Waals surface area contributed by atoms with Gasteiger partial charge in [0.1, 0.15) is 5.82 Å². The number of rotatable bonds is 1. The number of nitrogens with one attached hydrogen (secondary N) is 2. The van der Waals surface area contributed by atoms with Crippen molar-refractivity contribution in [3.8, 4) is 11.1 Å². The first-order valence-corrected chi connectivity index (χ1v) is 8.07. The molecule has 1 saturated heterocycles. The number of piperazine rings is 1. The second-order valence-corrected chi connectivity index (χ2v) is 6.06. The van der Waals surface area contributed by atoms with Crippen LogP contribution < -0.4 is 15.5 Å². The van der Waals surface area contributed by atoms with Crippen LogP contribution in [0, 0.1) is 12.7 Å². The van der Waals surface area contributed by atoms with E-state index in [-0.39, 0.29) is 5.82 Å². The highest BCUT2D eigenvalue weighted by atomic mass is 19.1. The largest absolute Gasteiger partial charge is 0.368 e. The maximum Gasteiger partial charge on any atom is 0.130 e. The molecule has 118 valence electrons. The van der Waals surface area contributed by atoms with Gasteiger partial charge in [-0.15, -0.1) is 0 Å². The van der Waals surface area contributed by atoms with Crippen molar-refractivity contribution in [2.24, 2.45) is 0 Å². The zero-order valence-corrected chi connectivity index (χ0v) is 13.2. The third kappa shape index (κ3) is 2.39. The molecule has 3 nitrogen and oxygen atoms in total. The number of hydrogen-bond donors (Lipinski definition) is 2. The lowest BCUT2D eigenvalue weighted by atomic mass is 9.94. The molecule has 0 spiro atoms. The Labute approximate surface area is 135 Å². The molecule has 0 aromatic heterocycles. The van der Waals surface area contributed by atoms with E-state index in [0.29, 0.717) is 0 Å². The topological polar surface area (TPSA) is 27.3 Å². The van der Waals surface area contributed by atoms with Gasteiger partial charge in [0.25, 0.3) is 0 Å². The number of fused-ring (bicyclic) bond motifs is 3. The van der Waals surface area contributed by atoms with Crippen LogP contribution in [0.1, 0.15) is 11.1 Å². The van der Waals surface area contributed by atoms with E-state index >= 15 is 0 Å². The average molecular weight is 309 g/mol. The van der Waals surface area contributed by atoms with E-state index in [1.807, 2.05) is 31.3 Å². The summed E-state index contributed by atoms with van der Waals surface area (Å²) >= 11 is 0. The van der Waals surface area contributed by atoms with Gasteiger partial charge in [-0.2, -0.15) is 0 Å². The summed E-state index contributed by atoms with van der Waals surface area (Å²) in [4.78, 5) is 2.30. The van der Waals surface area contributed by atoms with Gasteiger partial charge in [-0.25, -0.2) is 4.39 Å². The Hall–Kier alpha value is -2.33. The SMILES string of the molecule is Cc1c(F)cc2c(c1N1CCNCC1)-c1ccccc1C=CN2. The van der Waals surface area contributed by atoms with Crippen molar-refractivity contribution in [2.45, 2.75) is 6.92 Å². The first-order chi connectivity index (χ1) is 11.3. The van der Waals surface area contributed by atoms with Crippen molar-refractivity contribution < 1.29 is 4.39 Å². The zero-order chi connectivity index (χ0) is 15.8. The predicted octanol–water partition coefficient (Wildman–Crippen LogP) is 3.61. The van der Waals surface area contributed by atoms with Gasteiger partial charge in [-0.05, 0) is 30.2 Å². The highest BCUT2D eigenvalue weighted by Crippen LogP contribution is 2.44. The fraction of sp³-hybridized carbons (Fsp3) is 0.263. The summed E-state index contributed by atoms with van der Waals surface area (Å²) < 4.78 is 14.5. The number of nitrogens with zero attached hydrogens (tertiary/aromatic N) is 1. The summed E-state index contributed by atoms with van der Waals surface area (Å²) in [5.41, 5.74) is 5.99. The maximum atomic E-state index is 14.5. The molecule has 2 aliphatic heterocycles. The van der Waals surface area contributed by atoms with Crippen molar-refractivity contribution in [3.63, 3.8) is 0 Å². The molecule has 2 heterocycles. The fourth-order valence-electron chi connectivity index (χ4n) is 3.50. The predicted molar refractivity (Wildman–Crippen MR) is 94.3 cm³/mol. The summed E-state index contributed by atoms with van der Waals surface area (Å²) in [6.45, 7) is 5.53. The van der Waals surface area contributed by atoms with E-state index in [1.165, 1.54) is 0 Å². The van der Waals surface area contributed by atoms with Crippen molar-refractivity contribution in [3.05, 3.63) is 53.5 Å². The first-order valence-electron chi connectivity index (χ1n) is 8.07. The van der Waals surface area contributed by atoms with Gasteiger partial charge < -0.3 is 15.5 Å². The third-order valence-corrected chi connectivity index (χ3v) is 4.66. The van der Waals surface area contributed by atoms with Crippen molar-refractivity contribution in [1.82, 2.24) is 5.32 Å². The lowest BCUT2D eigenvalue weighted by Crippen LogP contribution is -2.44. The van der Waals surface area contributed by atoms with Gasteiger partial charge in [-0.3, -0.25) is 0 Å². The van der Waals surface area contributed by atoms with Crippen LogP contribution in [0.25, 0.3) is 17.2 Å². The lowest BCUT2D eigenvalue weighted by molar-refractivity contribution is 0.582. The Kier molecular flexibility index (Phi) is 3.54. The molecule has 0 bridgehead atoms. The van der Waals surface area contributed by atoms with Crippen LogP contribution in [0.4, 0.5) is 15.8 Å². The van der Waals surface area contributed by atoms with Gasteiger partial charge in [0.15, 0.2) is 0 Å². The Bertz CT molecular complexity index is 776. The molecule has 2 aliphatic rings. The van der Waals surface area contributed by atoms with Crippen LogP contribution in [0.2, 0.25) is 0 Å². The molecule has 2 aromatic carbocycles. The molecule has 23 heavy (non-hydrogen) atoms. The summed E-state index contributed by atoms with van der Waals surface area (Å²) in [6, 6.07) is 9.91. The number of halogens is 1. The molecule has 4 rings (SSSR count). The van der Waals surface area contributed by atoms with Gasteiger partial charge in [-0.1, -0.05) is 24.3 Å². The molecule has 0 amide bonds. The van der Waals surface area contributed by atoms with Gasteiger partial charge in [0.05, 0.1) is 11.4 Å². The van der Waals surface area contributed by atoms with E-state index in [9.17, 15) is 4.39 Å². The van der Waals surface area contributed by atoms with Gasteiger partial charge >= 0.3 is 0 Å². The number of hydrogen-bond acceptors (Lipinski definition) is 3. The summed E-state index contributed by atoms with van der Waals surface area (Å²) in [6.07, 6.45) is 3.94. The molecule has 4 heteroatoms. The van der Waals surface area contributed by atoms with Crippen LogP contribution in [0.5, 0.6) is 0 Å². The highest BCUT2D eigenvalue weighted by Gasteiger charge is 2.24. The molecule has 0 saturated carbocycles. The quantitative estimate of drug-likeness (QED) is 0.843. The van der Waals surface area contributed by atoms with E-state index in [2.05, 4.69) is 27.7 Å². The van der Waals surface area contributed by atoms with E-state index in [0.717, 1.165) is 59.8 Å².